The van der Waals surface area contributed by atoms with Crippen LogP contribution < -0.4 is 0 Å². The molecule has 0 aliphatic carbocycles. The number of piperidine rings is 1. The maximum absolute atomic E-state index is 13.0. The zero-order valence-corrected chi connectivity index (χ0v) is 16.1. The Kier molecular flexibility index (Phi) is 6.58. The Bertz CT molecular complexity index is 825. The summed E-state index contributed by atoms with van der Waals surface area (Å²) >= 11 is 0. The van der Waals surface area contributed by atoms with Crippen LogP contribution in [0.1, 0.15) is 24.0 Å². The highest BCUT2D eigenvalue weighted by molar-refractivity contribution is 5.92. The minimum Gasteiger partial charge on any atom is -0.341 e. The summed E-state index contributed by atoms with van der Waals surface area (Å²) in [7, 11) is 1.77. The normalized spacial score (nSPS) is 15.0. The van der Waals surface area contributed by atoms with Crippen molar-refractivity contribution in [3.63, 3.8) is 0 Å². The van der Waals surface area contributed by atoms with Gasteiger partial charge in [-0.25, -0.2) is 4.39 Å². The highest BCUT2D eigenvalue weighted by atomic mass is 19.1. The van der Waals surface area contributed by atoms with E-state index in [0.29, 0.717) is 32.5 Å². The van der Waals surface area contributed by atoms with Crippen LogP contribution in [0.15, 0.2) is 60.7 Å². The summed E-state index contributed by atoms with van der Waals surface area (Å²) in [5.41, 5.74) is 1.89. The summed E-state index contributed by atoms with van der Waals surface area (Å²) in [6.45, 7) is 1.62. The molecule has 5 heteroatoms. The number of benzene rings is 2. The first-order valence-electron chi connectivity index (χ1n) is 9.54. The van der Waals surface area contributed by atoms with Crippen LogP contribution >= 0.6 is 0 Å². The fraction of sp³-hybridized carbons (Fsp3) is 0.304. The van der Waals surface area contributed by atoms with Crippen LogP contribution in [0.2, 0.25) is 0 Å². The molecule has 1 aliphatic rings. The van der Waals surface area contributed by atoms with Gasteiger partial charge in [-0.05, 0) is 42.2 Å². The van der Waals surface area contributed by atoms with Gasteiger partial charge in [0.1, 0.15) is 5.82 Å². The molecule has 28 heavy (non-hydrogen) atoms. The van der Waals surface area contributed by atoms with Crippen molar-refractivity contribution >= 4 is 17.9 Å². The van der Waals surface area contributed by atoms with E-state index in [2.05, 4.69) is 0 Å². The van der Waals surface area contributed by atoms with Crippen molar-refractivity contribution < 1.29 is 14.0 Å². The Hall–Kier alpha value is -2.95. The standard InChI is InChI=1S/C23H25FN2O2/c1-25(17-19-7-10-21(24)11-8-19)23(28)20-13-15-26(16-14-20)22(27)12-9-18-5-3-2-4-6-18/h2-12,20H,13-17H2,1H3. The second kappa shape index (κ2) is 9.31. The summed E-state index contributed by atoms with van der Waals surface area (Å²) < 4.78 is 13.0. The topological polar surface area (TPSA) is 40.6 Å². The highest BCUT2D eigenvalue weighted by Crippen LogP contribution is 2.21. The number of nitrogens with zero attached hydrogens (tertiary/aromatic N) is 2. The van der Waals surface area contributed by atoms with Crippen LogP contribution in [0.25, 0.3) is 6.08 Å². The van der Waals surface area contributed by atoms with Crippen LogP contribution in [0.4, 0.5) is 4.39 Å². The minimum absolute atomic E-state index is 0.0191. The Morgan fingerprint density at radius 1 is 1.07 bits per heavy atom. The SMILES string of the molecule is CN(Cc1ccc(F)cc1)C(=O)C1CCN(C(=O)C=Cc2ccccc2)CC1. The molecule has 2 amide bonds. The van der Waals surface area contributed by atoms with E-state index in [1.807, 2.05) is 36.4 Å². The molecule has 1 fully saturated rings. The molecule has 2 aromatic rings. The monoisotopic (exact) mass is 380 g/mol. The van der Waals surface area contributed by atoms with Gasteiger partial charge in [0, 0.05) is 38.7 Å². The average molecular weight is 380 g/mol. The van der Waals surface area contributed by atoms with Gasteiger partial charge >= 0.3 is 0 Å². The quantitative estimate of drug-likeness (QED) is 0.742. The van der Waals surface area contributed by atoms with Crippen molar-refractivity contribution in [2.45, 2.75) is 19.4 Å². The molecule has 3 rings (SSSR count). The van der Waals surface area contributed by atoms with Crippen LogP contribution in [-0.2, 0) is 16.1 Å². The largest absolute Gasteiger partial charge is 0.341 e. The summed E-state index contributed by atoms with van der Waals surface area (Å²) in [6, 6.07) is 15.9. The number of amides is 2. The van der Waals surface area contributed by atoms with E-state index in [-0.39, 0.29) is 23.5 Å². The molecule has 0 N–H and O–H groups in total. The van der Waals surface area contributed by atoms with Crippen molar-refractivity contribution in [2.24, 2.45) is 5.92 Å². The van der Waals surface area contributed by atoms with Gasteiger partial charge in [-0.2, -0.15) is 0 Å². The first kappa shape index (κ1) is 19.8. The Morgan fingerprint density at radius 2 is 1.71 bits per heavy atom. The van der Waals surface area contributed by atoms with Gasteiger partial charge in [0.05, 0.1) is 0 Å². The molecule has 1 heterocycles. The van der Waals surface area contributed by atoms with E-state index >= 15 is 0 Å². The highest BCUT2D eigenvalue weighted by Gasteiger charge is 2.28. The maximum Gasteiger partial charge on any atom is 0.246 e. The lowest BCUT2D eigenvalue weighted by Gasteiger charge is -2.32. The van der Waals surface area contributed by atoms with Gasteiger partial charge in [0.2, 0.25) is 11.8 Å². The van der Waals surface area contributed by atoms with E-state index < -0.39 is 0 Å². The third-order valence-corrected chi connectivity index (χ3v) is 5.08. The first-order valence-corrected chi connectivity index (χ1v) is 9.54. The molecule has 4 nitrogen and oxygen atoms in total. The summed E-state index contributed by atoms with van der Waals surface area (Å²) in [4.78, 5) is 28.5. The number of rotatable bonds is 5. The third kappa shape index (κ3) is 5.28. The average Bonchev–Trinajstić information content (AvgIpc) is 2.74. The van der Waals surface area contributed by atoms with Gasteiger partial charge in [-0.15, -0.1) is 0 Å². The van der Waals surface area contributed by atoms with Crippen LogP contribution in [0.5, 0.6) is 0 Å². The Labute approximate surface area is 165 Å². The zero-order valence-electron chi connectivity index (χ0n) is 16.1. The number of carbonyl (C=O) groups is 2. The predicted molar refractivity (Wildman–Crippen MR) is 108 cm³/mol. The van der Waals surface area contributed by atoms with Gasteiger partial charge in [-0.1, -0.05) is 42.5 Å². The molecule has 1 saturated heterocycles. The molecule has 2 aromatic carbocycles. The number of hydrogen-bond acceptors (Lipinski definition) is 2. The lowest BCUT2D eigenvalue weighted by molar-refractivity contribution is -0.138. The lowest BCUT2D eigenvalue weighted by atomic mass is 9.95. The summed E-state index contributed by atoms with van der Waals surface area (Å²) in [5, 5.41) is 0. The van der Waals surface area contributed by atoms with Gasteiger partial charge < -0.3 is 9.80 Å². The fourth-order valence-corrected chi connectivity index (χ4v) is 3.44. The van der Waals surface area contributed by atoms with Crippen LogP contribution in [0.3, 0.4) is 0 Å². The van der Waals surface area contributed by atoms with Crippen LogP contribution in [-0.4, -0.2) is 41.8 Å². The molecule has 0 unspecified atom stereocenters. The number of likely N-dealkylation sites (tertiary alicyclic amines) is 1. The second-order valence-electron chi connectivity index (χ2n) is 7.16. The van der Waals surface area contributed by atoms with Crippen molar-refractivity contribution in [2.75, 3.05) is 20.1 Å². The number of hydrogen-bond donors (Lipinski definition) is 0. The lowest BCUT2D eigenvalue weighted by Crippen LogP contribution is -2.42. The Morgan fingerprint density at radius 3 is 2.36 bits per heavy atom. The Balaban J connectivity index is 1.48. The summed E-state index contributed by atoms with van der Waals surface area (Å²) in [6.07, 6.45) is 4.74. The van der Waals surface area contributed by atoms with Crippen molar-refractivity contribution in [1.82, 2.24) is 9.80 Å². The zero-order chi connectivity index (χ0) is 19.9. The molecule has 146 valence electrons. The van der Waals surface area contributed by atoms with Crippen molar-refractivity contribution in [3.8, 4) is 0 Å². The molecule has 0 radical (unpaired) electrons. The van der Waals surface area contributed by atoms with Crippen molar-refractivity contribution in [1.29, 1.82) is 0 Å². The van der Waals surface area contributed by atoms with E-state index in [0.717, 1.165) is 11.1 Å². The van der Waals surface area contributed by atoms with E-state index in [1.165, 1.54) is 12.1 Å². The van der Waals surface area contributed by atoms with Crippen molar-refractivity contribution in [3.05, 3.63) is 77.6 Å². The molecule has 0 spiro atoms. The van der Waals surface area contributed by atoms with E-state index in [9.17, 15) is 14.0 Å². The molecule has 0 bridgehead atoms. The predicted octanol–water partition coefficient (Wildman–Crippen LogP) is 3.74. The molecule has 1 aliphatic heterocycles. The number of halogens is 1. The first-order chi connectivity index (χ1) is 13.5. The van der Waals surface area contributed by atoms with Gasteiger partial charge in [0.25, 0.3) is 0 Å². The third-order valence-electron chi connectivity index (χ3n) is 5.08. The maximum atomic E-state index is 13.0. The smallest absolute Gasteiger partial charge is 0.246 e. The molecule has 0 aromatic heterocycles. The van der Waals surface area contributed by atoms with Crippen LogP contribution in [0, 0.1) is 11.7 Å². The number of carbonyl (C=O) groups excluding carboxylic acids is 2. The summed E-state index contributed by atoms with van der Waals surface area (Å²) in [5.74, 6) is -0.297. The van der Waals surface area contributed by atoms with E-state index in [4.69, 9.17) is 0 Å². The molecular weight excluding hydrogens is 355 g/mol. The van der Waals surface area contributed by atoms with Gasteiger partial charge in [-0.3, -0.25) is 9.59 Å². The second-order valence-corrected chi connectivity index (χ2v) is 7.16. The van der Waals surface area contributed by atoms with Gasteiger partial charge in [0.15, 0.2) is 0 Å². The molecule has 0 saturated carbocycles. The fourth-order valence-electron chi connectivity index (χ4n) is 3.44. The van der Waals surface area contributed by atoms with E-state index in [1.54, 1.807) is 35.1 Å². The minimum atomic E-state index is -0.281. The molecular formula is C23H25FN2O2. The molecule has 0 atom stereocenters.